The maximum Gasteiger partial charge on any atom is 0.278 e. The van der Waals surface area contributed by atoms with Gasteiger partial charge in [0.25, 0.3) is 5.91 Å². The summed E-state index contributed by atoms with van der Waals surface area (Å²) < 4.78 is 24.9. The van der Waals surface area contributed by atoms with Gasteiger partial charge < -0.3 is 9.47 Å². The van der Waals surface area contributed by atoms with E-state index in [9.17, 15) is 9.18 Å². The fourth-order valence-electron chi connectivity index (χ4n) is 2.34. The van der Waals surface area contributed by atoms with E-state index in [0.29, 0.717) is 17.2 Å². The lowest BCUT2D eigenvalue weighted by atomic mass is 10.1. The number of nitrogens with zero attached hydrogens (tertiary/aromatic N) is 2. The Morgan fingerprint density at radius 1 is 1.04 bits per heavy atom. The highest BCUT2D eigenvalue weighted by Gasteiger charge is 2.13. The highest BCUT2D eigenvalue weighted by molar-refractivity contribution is 5.95. The number of ether oxygens (including phenoxy) is 2. The Labute approximate surface area is 138 Å². The summed E-state index contributed by atoms with van der Waals surface area (Å²) in [6.45, 7) is 0. The number of carbonyl (C=O) groups excluding carboxylic acids is 1. The molecule has 0 fully saturated rings. The van der Waals surface area contributed by atoms with Crippen LogP contribution in [0, 0.1) is 5.82 Å². The van der Waals surface area contributed by atoms with Gasteiger partial charge in [-0.2, -0.15) is 5.10 Å². The van der Waals surface area contributed by atoms with Crippen molar-refractivity contribution in [1.29, 1.82) is 0 Å². The van der Waals surface area contributed by atoms with Crippen molar-refractivity contribution in [3.8, 4) is 22.8 Å². The predicted molar refractivity (Wildman–Crippen MR) is 86.9 cm³/mol. The van der Waals surface area contributed by atoms with Crippen LogP contribution in [0.1, 0.15) is 10.4 Å². The van der Waals surface area contributed by atoms with Crippen molar-refractivity contribution in [2.24, 2.45) is 0 Å². The van der Waals surface area contributed by atoms with Gasteiger partial charge in [-0.25, -0.2) is 9.07 Å². The Morgan fingerprint density at radius 2 is 1.83 bits per heavy atom. The topological polar surface area (TPSA) is 53.4 Å². The molecule has 0 unspecified atom stereocenters. The number of carbonyl (C=O) groups is 1. The number of hydrogen-bond donors (Lipinski definition) is 0. The summed E-state index contributed by atoms with van der Waals surface area (Å²) >= 11 is 0. The molecule has 0 aliphatic heterocycles. The number of rotatable bonds is 4. The van der Waals surface area contributed by atoms with E-state index in [1.165, 1.54) is 22.9 Å². The van der Waals surface area contributed by atoms with E-state index < -0.39 is 11.7 Å². The van der Waals surface area contributed by atoms with Crippen molar-refractivity contribution in [2.75, 3.05) is 14.2 Å². The maximum absolute atomic E-state index is 13.3. The molecule has 0 bridgehead atoms. The number of methoxy groups -OCH3 is 2. The van der Waals surface area contributed by atoms with Gasteiger partial charge in [-0.15, -0.1) is 0 Å². The quantitative estimate of drug-likeness (QED) is 0.737. The van der Waals surface area contributed by atoms with Crippen molar-refractivity contribution in [1.82, 2.24) is 9.78 Å². The van der Waals surface area contributed by atoms with Gasteiger partial charge in [-0.3, -0.25) is 4.79 Å². The molecule has 122 valence electrons. The van der Waals surface area contributed by atoms with E-state index in [2.05, 4.69) is 5.10 Å². The first kappa shape index (κ1) is 15.7. The van der Waals surface area contributed by atoms with E-state index in [1.807, 2.05) is 6.07 Å². The first-order chi connectivity index (χ1) is 11.6. The number of aromatic nitrogens is 2. The van der Waals surface area contributed by atoms with Crippen LogP contribution < -0.4 is 9.47 Å². The zero-order valence-electron chi connectivity index (χ0n) is 13.2. The Balaban J connectivity index is 1.92. The molecule has 0 spiro atoms. The van der Waals surface area contributed by atoms with Crippen molar-refractivity contribution >= 4 is 5.91 Å². The lowest BCUT2D eigenvalue weighted by molar-refractivity contribution is 0.0945. The average Bonchev–Trinajstić information content (AvgIpc) is 3.10. The highest BCUT2D eigenvalue weighted by atomic mass is 19.1. The van der Waals surface area contributed by atoms with Crippen LogP contribution in [-0.4, -0.2) is 29.9 Å². The van der Waals surface area contributed by atoms with Gasteiger partial charge in [0.05, 0.1) is 19.9 Å². The van der Waals surface area contributed by atoms with E-state index in [4.69, 9.17) is 9.47 Å². The minimum absolute atomic E-state index is 0.233. The Morgan fingerprint density at radius 3 is 2.54 bits per heavy atom. The minimum atomic E-state index is -0.465. The summed E-state index contributed by atoms with van der Waals surface area (Å²) in [6.07, 6.45) is 1.54. The second-order valence-electron chi connectivity index (χ2n) is 5.03. The third-order valence-electron chi connectivity index (χ3n) is 3.55. The van der Waals surface area contributed by atoms with E-state index in [-0.39, 0.29) is 5.56 Å². The molecule has 0 aliphatic carbocycles. The van der Waals surface area contributed by atoms with E-state index in [0.717, 1.165) is 5.56 Å². The van der Waals surface area contributed by atoms with Gasteiger partial charge in [-0.05, 0) is 42.5 Å². The third-order valence-corrected chi connectivity index (χ3v) is 3.55. The molecular formula is C18H15FN2O3. The molecule has 0 atom stereocenters. The predicted octanol–water partition coefficient (Wildman–Crippen LogP) is 3.39. The molecule has 0 radical (unpaired) electrons. The molecule has 0 saturated carbocycles. The van der Waals surface area contributed by atoms with Gasteiger partial charge >= 0.3 is 0 Å². The lowest BCUT2D eigenvalue weighted by Crippen LogP contribution is -2.12. The Kier molecular flexibility index (Phi) is 4.29. The van der Waals surface area contributed by atoms with Crippen molar-refractivity contribution in [3.63, 3.8) is 0 Å². The standard InChI is InChI=1S/C18H15FN2O3/c1-23-16-7-6-12(11-17(16)24-2)15-8-9-21(20-15)18(22)13-4-3-5-14(19)10-13/h3-11H,1-2H3. The van der Waals surface area contributed by atoms with Crippen LogP contribution in [0.4, 0.5) is 4.39 Å². The molecule has 24 heavy (non-hydrogen) atoms. The molecule has 0 amide bonds. The first-order valence-electron chi connectivity index (χ1n) is 7.20. The van der Waals surface area contributed by atoms with Crippen molar-refractivity contribution < 1.29 is 18.7 Å². The highest BCUT2D eigenvalue weighted by Crippen LogP contribution is 2.31. The van der Waals surface area contributed by atoms with E-state index in [1.54, 1.807) is 44.7 Å². The molecular weight excluding hydrogens is 311 g/mol. The second-order valence-corrected chi connectivity index (χ2v) is 5.03. The summed E-state index contributed by atoms with van der Waals surface area (Å²) in [5.74, 6) is 0.312. The molecule has 3 rings (SSSR count). The molecule has 1 heterocycles. The maximum atomic E-state index is 13.3. The molecule has 0 saturated heterocycles. The summed E-state index contributed by atoms with van der Waals surface area (Å²) in [6, 6.07) is 12.6. The average molecular weight is 326 g/mol. The fraction of sp³-hybridized carbons (Fsp3) is 0.111. The Hall–Kier alpha value is -3.15. The smallest absolute Gasteiger partial charge is 0.278 e. The number of hydrogen-bond acceptors (Lipinski definition) is 4. The van der Waals surface area contributed by atoms with Gasteiger partial charge in [0.2, 0.25) is 0 Å². The van der Waals surface area contributed by atoms with Crippen LogP contribution in [0.25, 0.3) is 11.3 Å². The van der Waals surface area contributed by atoms with Crippen LogP contribution in [0.15, 0.2) is 54.7 Å². The zero-order valence-corrected chi connectivity index (χ0v) is 13.2. The SMILES string of the molecule is COc1ccc(-c2ccn(C(=O)c3cccc(F)c3)n2)cc1OC. The molecule has 1 aromatic heterocycles. The van der Waals surface area contributed by atoms with Crippen molar-refractivity contribution in [2.45, 2.75) is 0 Å². The first-order valence-corrected chi connectivity index (χ1v) is 7.20. The van der Waals surface area contributed by atoms with E-state index >= 15 is 0 Å². The summed E-state index contributed by atoms with van der Waals surface area (Å²) in [5.41, 5.74) is 1.61. The molecule has 6 heteroatoms. The summed E-state index contributed by atoms with van der Waals surface area (Å²) in [5, 5.41) is 4.27. The van der Waals surface area contributed by atoms with Crippen LogP contribution >= 0.6 is 0 Å². The Bertz CT molecular complexity index is 889. The number of halogens is 1. The molecule has 0 aliphatic rings. The van der Waals surface area contributed by atoms with Crippen LogP contribution in [0.3, 0.4) is 0 Å². The third kappa shape index (κ3) is 2.99. The van der Waals surface area contributed by atoms with Crippen LogP contribution in [0.5, 0.6) is 11.5 Å². The minimum Gasteiger partial charge on any atom is -0.493 e. The fourth-order valence-corrected chi connectivity index (χ4v) is 2.34. The van der Waals surface area contributed by atoms with Gasteiger partial charge in [-0.1, -0.05) is 6.07 Å². The normalized spacial score (nSPS) is 10.5. The molecule has 2 aromatic carbocycles. The summed E-state index contributed by atoms with van der Waals surface area (Å²) in [4.78, 5) is 12.4. The largest absolute Gasteiger partial charge is 0.493 e. The number of benzene rings is 2. The van der Waals surface area contributed by atoms with Crippen LogP contribution in [0.2, 0.25) is 0 Å². The summed E-state index contributed by atoms with van der Waals surface area (Å²) in [7, 11) is 3.11. The van der Waals surface area contributed by atoms with Gasteiger partial charge in [0.15, 0.2) is 11.5 Å². The second kappa shape index (κ2) is 6.54. The molecule has 0 N–H and O–H groups in total. The van der Waals surface area contributed by atoms with Crippen LogP contribution in [-0.2, 0) is 0 Å². The van der Waals surface area contributed by atoms with Gasteiger partial charge in [0, 0.05) is 17.3 Å². The molecule has 3 aromatic rings. The molecule has 5 nitrogen and oxygen atoms in total. The monoisotopic (exact) mass is 326 g/mol. The zero-order chi connectivity index (χ0) is 17.1. The lowest BCUT2D eigenvalue weighted by Gasteiger charge is -2.08. The van der Waals surface area contributed by atoms with Gasteiger partial charge in [0.1, 0.15) is 5.82 Å². The van der Waals surface area contributed by atoms with Crippen molar-refractivity contribution in [3.05, 3.63) is 66.1 Å².